The summed E-state index contributed by atoms with van der Waals surface area (Å²) in [7, 11) is 0. The van der Waals surface area contributed by atoms with Crippen LogP contribution >= 0.6 is 0 Å². The molecule has 1 atom stereocenters. The van der Waals surface area contributed by atoms with E-state index in [0.29, 0.717) is 24.8 Å². The summed E-state index contributed by atoms with van der Waals surface area (Å²) in [4.78, 5) is 27.1. The van der Waals surface area contributed by atoms with Crippen LogP contribution in [0.25, 0.3) is 0 Å². The first-order valence-corrected chi connectivity index (χ1v) is 11.2. The molecule has 0 spiro atoms. The molecule has 2 amide bonds. The molecule has 1 heterocycles. The van der Waals surface area contributed by atoms with Gasteiger partial charge in [0.2, 0.25) is 5.91 Å². The van der Waals surface area contributed by atoms with Crippen molar-refractivity contribution >= 4 is 11.8 Å². The zero-order valence-corrected chi connectivity index (χ0v) is 19.3. The van der Waals surface area contributed by atoms with Crippen LogP contribution in [0, 0.1) is 18.8 Å². The third-order valence-electron chi connectivity index (χ3n) is 5.59. The summed E-state index contributed by atoms with van der Waals surface area (Å²) < 4.78 is 5.80. The van der Waals surface area contributed by atoms with Crippen molar-refractivity contribution in [1.29, 1.82) is 0 Å². The Morgan fingerprint density at radius 1 is 1.10 bits per heavy atom. The number of benzene rings is 2. The van der Waals surface area contributed by atoms with Gasteiger partial charge < -0.3 is 15.0 Å². The molecule has 1 N–H and O–H groups in total. The van der Waals surface area contributed by atoms with Gasteiger partial charge in [0.15, 0.2) is 6.61 Å². The van der Waals surface area contributed by atoms with E-state index in [1.807, 2.05) is 30.9 Å². The Bertz CT molecular complexity index is 919. The van der Waals surface area contributed by atoms with Crippen molar-refractivity contribution in [1.82, 2.24) is 10.2 Å². The van der Waals surface area contributed by atoms with Crippen molar-refractivity contribution in [2.75, 3.05) is 19.7 Å². The Hall–Kier alpha value is -2.82. The van der Waals surface area contributed by atoms with Crippen molar-refractivity contribution in [3.63, 3.8) is 0 Å². The van der Waals surface area contributed by atoms with E-state index >= 15 is 0 Å². The van der Waals surface area contributed by atoms with E-state index in [2.05, 4.69) is 56.4 Å². The highest BCUT2D eigenvalue weighted by atomic mass is 16.5. The summed E-state index contributed by atoms with van der Waals surface area (Å²) in [6, 6.07) is 14.2. The van der Waals surface area contributed by atoms with Gasteiger partial charge in [-0.2, -0.15) is 0 Å². The van der Waals surface area contributed by atoms with Crippen LogP contribution in [0.2, 0.25) is 0 Å². The van der Waals surface area contributed by atoms with Gasteiger partial charge in [-0.3, -0.25) is 9.59 Å². The molecule has 0 radical (unpaired) electrons. The lowest BCUT2D eigenvalue weighted by Crippen LogP contribution is -2.42. The summed E-state index contributed by atoms with van der Waals surface area (Å²) in [5.74, 6) is 0.995. The molecule has 1 aliphatic heterocycles. The summed E-state index contributed by atoms with van der Waals surface area (Å²) in [5, 5.41) is 2.87. The number of carbonyl (C=O) groups is 2. The van der Waals surface area contributed by atoms with Gasteiger partial charge in [-0.15, -0.1) is 0 Å². The minimum absolute atomic E-state index is 0.0185. The van der Waals surface area contributed by atoms with E-state index in [0.717, 1.165) is 17.5 Å². The number of nitrogens with zero attached hydrogens (tertiary/aromatic N) is 1. The third kappa shape index (κ3) is 5.66. The topological polar surface area (TPSA) is 58.6 Å². The smallest absolute Gasteiger partial charge is 0.257 e. The van der Waals surface area contributed by atoms with E-state index in [-0.39, 0.29) is 30.4 Å². The molecule has 166 valence electrons. The SMILES string of the molecule is Cc1ccc(C2c3cc(OCC(=O)NCC(C)C)ccc3CCN2C(=O)C(C)C)cc1. The molecule has 5 heteroatoms. The number of ether oxygens (including phenoxy) is 1. The van der Waals surface area contributed by atoms with Crippen LogP contribution < -0.4 is 10.1 Å². The first kappa shape index (κ1) is 22.9. The minimum atomic E-state index is -0.155. The zero-order valence-electron chi connectivity index (χ0n) is 19.3. The average molecular weight is 423 g/mol. The highest BCUT2D eigenvalue weighted by Crippen LogP contribution is 2.38. The number of aryl methyl sites for hydroxylation is 1. The number of hydrogen-bond donors (Lipinski definition) is 1. The van der Waals surface area contributed by atoms with Crippen molar-refractivity contribution in [3.8, 4) is 5.75 Å². The lowest BCUT2D eigenvalue weighted by Gasteiger charge is -2.39. The molecule has 2 aromatic carbocycles. The van der Waals surface area contributed by atoms with Crippen LogP contribution in [0.1, 0.15) is 56.0 Å². The van der Waals surface area contributed by atoms with E-state index in [1.165, 1.54) is 11.1 Å². The average Bonchev–Trinajstić information content (AvgIpc) is 2.75. The van der Waals surface area contributed by atoms with Gasteiger partial charge in [0, 0.05) is 19.0 Å². The lowest BCUT2D eigenvalue weighted by molar-refractivity contribution is -0.136. The molecule has 5 nitrogen and oxygen atoms in total. The van der Waals surface area contributed by atoms with E-state index in [1.54, 1.807) is 0 Å². The first-order chi connectivity index (χ1) is 14.8. The van der Waals surface area contributed by atoms with Crippen LogP contribution in [0.15, 0.2) is 42.5 Å². The molecule has 1 unspecified atom stereocenters. The third-order valence-corrected chi connectivity index (χ3v) is 5.59. The Kier molecular flexibility index (Phi) is 7.37. The molecule has 1 aliphatic rings. The van der Waals surface area contributed by atoms with Crippen LogP contribution in [-0.2, 0) is 16.0 Å². The van der Waals surface area contributed by atoms with Gasteiger partial charge >= 0.3 is 0 Å². The van der Waals surface area contributed by atoms with Crippen molar-refractivity contribution < 1.29 is 14.3 Å². The maximum absolute atomic E-state index is 13.0. The Labute approximate surface area is 185 Å². The highest BCUT2D eigenvalue weighted by Gasteiger charge is 2.33. The molecular formula is C26H34N2O3. The maximum atomic E-state index is 13.0. The maximum Gasteiger partial charge on any atom is 0.257 e. The Balaban J connectivity index is 1.88. The Morgan fingerprint density at radius 3 is 2.45 bits per heavy atom. The summed E-state index contributed by atoms with van der Waals surface area (Å²) in [6.07, 6.45) is 0.811. The molecule has 3 rings (SSSR count). The number of carbonyl (C=O) groups excluding carboxylic acids is 2. The summed E-state index contributed by atoms with van der Waals surface area (Å²) in [5.41, 5.74) is 4.57. The fourth-order valence-corrected chi connectivity index (χ4v) is 3.88. The molecule has 2 aromatic rings. The fourth-order valence-electron chi connectivity index (χ4n) is 3.88. The van der Waals surface area contributed by atoms with Gasteiger partial charge in [0.05, 0.1) is 6.04 Å². The van der Waals surface area contributed by atoms with E-state index in [9.17, 15) is 9.59 Å². The fraction of sp³-hybridized carbons (Fsp3) is 0.462. The van der Waals surface area contributed by atoms with Gasteiger partial charge in [0.1, 0.15) is 5.75 Å². The standard InChI is InChI=1S/C26H34N2O3/c1-17(2)15-27-24(29)16-31-22-11-10-20-12-13-28(26(30)18(3)4)25(23(20)14-22)21-8-6-19(5)7-9-21/h6-11,14,17-18,25H,12-13,15-16H2,1-5H3,(H,27,29). The van der Waals surface area contributed by atoms with Crippen LogP contribution in [0.4, 0.5) is 0 Å². The normalized spacial score (nSPS) is 15.7. The second-order valence-electron chi connectivity index (χ2n) is 9.10. The minimum Gasteiger partial charge on any atom is -0.484 e. The predicted molar refractivity (Wildman–Crippen MR) is 123 cm³/mol. The molecule has 0 fully saturated rings. The van der Waals surface area contributed by atoms with Gasteiger partial charge in [-0.1, -0.05) is 63.6 Å². The second kappa shape index (κ2) is 9.99. The van der Waals surface area contributed by atoms with E-state index < -0.39 is 0 Å². The number of nitrogens with one attached hydrogen (secondary N) is 1. The molecule has 0 bridgehead atoms. The number of fused-ring (bicyclic) bond motifs is 1. The summed E-state index contributed by atoms with van der Waals surface area (Å²) in [6.45, 7) is 11.4. The Morgan fingerprint density at radius 2 is 1.81 bits per heavy atom. The molecule has 0 saturated carbocycles. The van der Waals surface area contributed by atoms with Crippen LogP contribution in [-0.4, -0.2) is 36.4 Å². The van der Waals surface area contributed by atoms with Crippen molar-refractivity contribution in [3.05, 3.63) is 64.7 Å². The zero-order chi connectivity index (χ0) is 22.5. The highest BCUT2D eigenvalue weighted by molar-refractivity contribution is 5.80. The molecule has 0 aliphatic carbocycles. The monoisotopic (exact) mass is 422 g/mol. The number of amides is 2. The molecular weight excluding hydrogens is 388 g/mol. The number of rotatable bonds is 7. The molecule has 0 saturated heterocycles. The summed E-state index contributed by atoms with van der Waals surface area (Å²) >= 11 is 0. The van der Waals surface area contributed by atoms with Gasteiger partial charge in [-0.25, -0.2) is 0 Å². The largest absolute Gasteiger partial charge is 0.484 e. The number of hydrogen-bond acceptors (Lipinski definition) is 3. The quantitative estimate of drug-likeness (QED) is 0.725. The van der Waals surface area contributed by atoms with Gasteiger partial charge in [0.25, 0.3) is 5.91 Å². The van der Waals surface area contributed by atoms with E-state index in [4.69, 9.17) is 4.74 Å². The van der Waals surface area contributed by atoms with Gasteiger partial charge in [-0.05, 0) is 48.1 Å². The molecule has 0 aromatic heterocycles. The van der Waals surface area contributed by atoms with Crippen molar-refractivity contribution in [2.24, 2.45) is 11.8 Å². The second-order valence-corrected chi connectivity index (χ2v) is 9.10. The van der Waals surface area contributed by atoms with Crippen LogP contribution in [0.5, 0.6) is 5.75 Å². The first-order valence-electron chi connectivity index (χ1n) is 11.2. The van der Waals surface area contributed by atoms with Crippen molar-refractivity contribution in [2.45, 2.75) is 47.1 Å². The lowest BCUT2D eigenvalue weighted by atomic mass is 9.87. The van der Waals surface area contributed by atoms with Crippen LogP contribution in [0.3, 0.4) is 0 Å². The molecule has 31 heavy (non-hydrogen) atoms. The predicted octanol–water partition coefficient (Wildman–Crippen LogP) is 4.28.